The van der Waals surface area contributed by atoms with E-state index in [0.29, 0.717) is 24.9 Å². The van der Waals surface area contributed by atoms with Crippen LogP contribution in [0.2, 0.25) is 18.5 Å². The first kappa shape index (κ1) is 16.6. The largest absolute Gasteiger partial charge is 0.424 e. The van der Waals surface area contributed by atoms with E-state index in [9.17, 15) is 0 Å². The second-order valence-electron chi connectivity index (χ2n) is 7.23. The predicted octanol–water partition coefficient (Wildman–Crippen LogP) is 2.74. The monoisotopic (exact) mass is 308 g/mol. The fourth-order valence-electron chi connectivity index (χ4n) is 4.77. The van der Waals surface area contributed by atoms with Crippen LogP contribution in [0.25, 0.3) is 0 Å². The minimum atomic E-state index is 0.318. The standard InChI is InChI=1S/C18H26B2N2O/c19-8-1-2-9-20(23-13-22)17-6-7-18(11-16(17)18)15-5-3-4-14(10-15)12-21/h3-5,10,16-17H,1-2,6-9,11,13,19,22H2/t16-,17-,18-/m1/s1. The minimum Gasteiger partial charge on any atom is -0.424 e. The number of unbranched alkanes of at least 4 members (excludes halogenated alkanes) is 1. The minimum absolute atomic E-state index is 0.318. The highest BCUT2D eigenvalue weighted by atomic mass is 16.4. The third kappa shape index (κ3) is 3.20. The van der Waals surface area contributed by atoms with Crippen molar-refractivity contribution in [2.75, 3.05) is 6.73 Å². The van der Waals surface area contributed by atoms with Gasteiger partial charge < -0.3 is 10.4 Å². The molecule has 3 nitrogen and oxygen atoms in total. The van der Waals surface area contributed by atoms with Crippen LogP contribution < -0.4 is 5.73 Å². The van der Waals surface area contributed by atoms with E-state index in [2.05, 4.69) is 26.0 Å². The molecule has 0 spiro atoms. The van der Waals surface area contributed by atoms with Crippen molar-refractivity contribution in [1.29, 1.82) is 5.26 Å². The topological polar surface area (TPSA) is 59.0 Å². The molecule has 3 rings (SSSR count). The van der Waals surface area contributed by atoms with Gasteiger partial charge in [0.1, 0.15) is 7.85 Å². The summed E-state index contributed by atoms with van der Waals surface area (Å²) in [4.78, 5) is 0. The van der Waals surface area contributed by atoms with Crippen LogP contribution in [-0.2, 0) is 10.1 Å². The fourth-order valence-corrected chi connectivity index (χ4v) is 4.77. The van der Waals surface area contributed by atoms with E-state index >= 15 is 0 Å². The number of rotatable bonds is 8. The Morgan fingerprint density at radius 1 is 1.43 bits per heavy atom. The molecule has 0 heterocycles. The summed E-state index contributed by atoms with van der Waals surface area (Å²) in [6.07, 6.45) is 8.62. The number of hydrogen-bond donors (Lipinski definition) is 1. The van der Waals surface area contributed by atoms with E-state index in [-0.39, 0.29) is 0 Å². The lowest BCUT2D eigenvalue weighted by atomic mass is 9.50. The van der Waals surface area contributed by atoms with Gasteiger partial charge in [-0.25, -0.2) is 0 Å². The summed E-state index contributed by atoms with van der Waals surface area (Å²) in [6, 6.07) is 10.5. The summed E-state index contributed by atoms with van der Waals surface area (Å²) in [5, 5.41) is 9.15. The van der Waals surface area contributed by atoms with Gasteiger partial charge in [0.25, 0.3) is 6.92 Å². The Hall–Kier alpha value is -1.24. The first-order valence-corrected chi connectivity index (χ1v) is 9.07. The quantitative estimate of drug-likeness (QED) is 0.456. The maximum atomic E-state index is 9.15. The zero-order valence-electron chi connectivity index (χ0n) is 14.1. The lowest BCUT2D eigenvalue weighted by molar-refractivity contribution is 0.317. The normalized spacial score (nSPS) is 28.2. The first-order valence-electron chi connectivity index (χ1n) is 9.07. The average molecular weight is 308 g/mol. The number of nitrogens with two attached hydrogens (primary N) is 1. The maximum Gasteiger partial charge on any atom is 0.298 e. The Bertz CT molecular complexity index is 589. The molecule has 2 fully saturated rings. The molecule has 2 saturated carbocycles. The van der Waals surface area contributed by atoms with E-state index in [1.54, 1.807) is 0 Å². The van der Waals surface area contributed by atoms with Gasteiger partial charge in [-0.3, -0.25) is 0 Å². The number of fused-ring (bicyclic) bond motifs is 1. The van der Waals surface area contributed by atoms with E-state index in [1.807, 2.05) is 12.1 Å². The SMILES string of the molecule is BCCCCB(OCN)[C@@H]1CC[C@]2(c3cccc(C#N)c3)C[C@H]12. The highest BCUT2D eigenvalue weighted by molar-refractivity contribution is 6.54. The van der Waals surface area contributed by atoms with Crippen molar-refractivity contribution in [3.8, 4) is 6.07 Å². The van der Waals surface area contributed by atoms with Crippen LogP contribution in [0, 0.1) is 17.2 Å². The molecule has 0 unspecified atom stereocenters. The van der Waals surface area contributed by atoms with Gasteiger partial charge in [0.05, 0.1) is 18.4 Å². The molecule has 2 aliphatic carbocycles. The second kappa shape index (κ2) is 7.11. The Morgan fingerprint density at radius 3 is 3.00 bits per heavy atom. The van der Waals surface area contributed by atoms with Gasteiger partial charge in [0, 0.05) is 0 Å². The Balaban J connectivity index is 1.70. The van der Waals surface area contributed by atoms with Crippen LogP contribution in [0.15, 0.2) is 24.3 Å². The highest BCUT2D eigenvalue weighted by Crippen LogP contribution is 2.69. The highest BCUT2D eigenvalue weighted by Gasteiger charge is 2.64. The van der Waals surface area contributed by atoms with E-state index < -0.39 is 0 Å². The van der Waals surface area contributed by atoms with Gasteiger partial charge in [-0.05, 0) is 54.0 Å². The fraction of sp³-hybridized carbons (Fsp3) is 0.611. The molecule has 0 aliphatic heterocycles. The second-order valence-corrected chi connectivity index (χ2v) is 7.23. The zero-order valence-corrected chi connectivity index (χ0v) is 14.1. The molecule has 120 valence electrons. The summed E-state index contributed by atoms with van der Waals surface area (Å²) < 4.78 is 5.92. The van der Waals surface area contributed by atoms with Gasteiger partial charge in [-0.2, -0.15) is 5.26 Å². The van der Waals surface area contributed by atoms with Crippen molar-refractivity contribution in [2.24, 2.45) is 11.7 Å². The third-order valence-corrected chi connectivity index (χ3v) is 6.02. The summed E-state index contributed by atoms with van der Waals surface area (Å²) in [5.74, 6) is 1.36. The predicted molar refractivity (Wildman–Crippen MR) is 97.2 cm³/mol. The lowest BCUT2D eigenvalue weighted by Gasteiger charge is -2.20. The van der Waals surface area contributed by atoms with Crippen molar-refractivity contribution in [3.63, 3.8) is 0 Å². The van der Waals surface area contributed by atoms with E-state index in [4.69, 9.17) is 15.6 Å². The van der Waals surface area contributed by atoms with Crippen LogP contribution in [-0.4, -0.2) is 21.5 Å². The van der Waals surface area contributed by atoms with Gasteiger partial charge in [-0.1, -0.05) is 37.7 Å². The van der Waals surface area contributed by atoms with Crippen molar-refractivity contribution >= 4 is 14.8 Å². The van der Waals surface area contributed by atoms with Gasteiger partial charge >= 0.3 is 0 Å². The van der Waals surface area contributed by atoms with Crippen molar-refractivity contribution in [3.05, 3.63) is 35.4 Å². The molecule has 2 aliphatic rings. The number of nitrogens with zero attached hydrogens (tertiary/aromatic N) is 1. The smallest absolute Gasteiger partial charge is 0.298 e. The summed E-state index contributed by atoms with van der Waals surface area (Å²) >= 11 is 0. The third-order valence-electron chi connectivity index (χ3n) is 6.02. The average Bonchev–Trinajstić information content (AvgIpc) is 3.21. The summed E-state index contributed by atoms with van der Waals surface area (Å²) in [7, 11) is 2.24. The van der Waals surface area contributed by atoms with Gasteiger partial charge in [-0.15, -0.1) is 0 Å². The molecule has 2 N–H and O–H groups in total. The van der Waals surface area contributed by atoms with Crippen LogP contribution >= 0.6 is 0 Å². The molecule has 3 atom stereocenters. The molecular formula is C18H26B2N2O. The van der Waals surface area contributed by atoms with Crippen LogP contribution in [0.4, 0.5) is 0 Å². The molecule has 0 amide bonds. The number of nitriles is 1. The molecule has 5 heteroatoms. The van der Waals surface area contributed by atoms with Gasteiger partial charge in [0.15, 0.2) is 0 Å². The molecular weight excluding hydrogens is 282 g/mol. The molecule has 23 heavy (non-hydrogen) atoms. The maximum absolute atomic E-state index is 9.15. The van der Waals surface area contributed by atoms with E-state index in [1.165, 1.54) is 44.0 Å². The van der Waals surface area contributed by atoms with E-state index in [0.717, 1.165) is 17.8 Å². The molecule has 1 aromatic carbocycles. The summed E-state index contributed by atoms with van der Waals surface area (Å²) in [6.45, 7) is 0.650. The van der Waals surface area contributed by atoms with Gasteiger partial charge in [0.2, 0.25) is 0 Å². The van der Waals surface area contributed by atoms with Crippen molar-refractivity contribution in [1.82, 2.24) is 0 Å². The number of hydrogen-bond acceptors (Lipinski definition) is 3. The van der Waals surface area contributed by atoms with Crippen LogP contribution in [0.1, 0.15) is 43.2 Å². The van der Waals surface area contributed by atoms with Crippen LogP contribution in [0.5, 0.6) is 0 Å². The summed E-state index contributed by atoms with van der Waals surface area (Å²) in [5.41, 5.74) is 8.15. The van der Waals surface area contributed by atoms with Crippen LogP contribution in [0.3, 0.4) is 0 Å². The molecule has 1 aromatic rings. The first-order chi connectivity index (χ1) is 11.2. The Labute approximate surface area is 141 Å². The molecule has 0 bridgehead atoms. The molecule has 0 aromatic heterocycles. The zero-order chi connectivity index (χ0) is 16.3. The van der Waals surface area contributed by atoms with Crippen molar-refractivity contribution < 1.29 is 4.65 Å². The molecule has 0 radical (unpaired) electrons. The number of benzene rings is 1. The molecule has 0 saturated heterocycles. The Kier molecular flexibility index (Phi) is 5.14. The van der Waals surface area contributed by atoms with Crippen molar-refractivity contribution in [2.45, 2.75) is 56.0 Å². The lowest BCUT2D eigenvalue weighted by Crippen LogP contribution is -2.28. The Morgan fingerprint density at radius 2 is 2.30 bits per heavy atom.